The number of amides is 3. The second kappa shape index (κ2) is 19.5. The molecule has 0 aliphatic carbocycles. The minimum atomic E-state index is -4.00. The van der Waals surface area contributed by atoms with Crippen LogP contribution in [0.4, 0.5) is 4.79 Å². The molecule has 21 nitrogen and oxygen atoms in total. The summed E-state index contributed by atoms with van der Waals surface area (Å²) in [5.41, 5.74) is 2.72. The highest BCUT2D eigenvalue weighted by molar-refractivity contribution is 7.89. The summed E-state index contributed by atoms with van der Waals surface area (Å²) in [4.78, 5) is 75.1. The molecule has 0 spiro atoms. The molecule has 6 aromatic rings. The molecule has 7 heterocycles. The van der Waals surface area contributed by atoms with Crippen molar-refractivity contribution in [3.63, 3.8) is 0 Å². The first-order valence-electron chi connectivity index (χ1n) is 25.2. The van der Waals surface area contributed by atoms with Crippen LogP contribution in [0.5, 0.6) is 17.2 Å². The third-order valence-electron chi connectivity index (χ3n) is 14.9. The van der Waals surface area contributed by atoms with Gasteiger partial charge in [-0.1, -0.05) is 27.7 Å². The summed E-state index contributed by atoms with van der Waals surface area (Å²) >= 11 is 0. The molecular weight excluding hydrogens is 987 g/mol. The fourth-order valence-electron chi connectivity index (χ4n) is 10.7. The molecule has 4 aliphatic heterocycles. The molecule has 0 saturated carbocycles. The molecule has 2 fully saturated rings. The fraction of sp³-hybridized carbons (Fsp3) is 0.396. The molecule has 0 radical (unpaired) electrons. The van der Waals surface area contributed by atoms with E-state index in [1.54, 1.807) is 53.6 Å². The summed E-state index contributed by atoms with van der Waals surface area (Å²) in [6, 6.07) is 15.5. The number of carbonyl (C=O) groups excluding carboxylic acids is 4. The number of nitrogens with one attached hydrogen (secondary N) is 1. The molecule has 4 aliphatic rings. The number of nitrogens with zero attached hydrogens (tertiary/aromatic N) is 8. The number of phenols is 2. The van der Waals surface area contributed by atoms with E-state index in [1.165, 1.54) is 44.1 Å². The van der Waals surface area contributed by atoms with Crippen LogP contribution in [0.1, 0.15) is 98.2 Å². The van der Waals surface area contributed by atoms with Crippen LogP contribution in [0.25, 0.3) is 39.4 Å². The van der Waals surface area contributed by atoms with Crippen molar-refractivity contribution in [2.75, 3.05) is 45.8 Å². The molecule has 10 rings (SSSR count). The number of benzene rings is 3. The number of esters is 1. The first kappa shape index (κ1) is 50.8. The molecule has 2 saturated heterocycles. The Morgan fingerprint density at radius 2 is 1.59 bits per heavy atom. The maximum Gasteiger partial charge on any atom is 0.415 e. The van der Waals surface area contributed by atoms with Gasteiger partial charge in [0.25, 0.3) is 11.5 Å². The first-order chi connectivity index (χ1) is 35.9. The van der Waals surface area contributed by atoms with Crippen LogP contribution >= 0.6 is 0 Å². The molecule has 75 heavy (non-hydrogen) atoms. The number of cyclic esters (lactones) is 1. The minimum absolute atomic E-state index is 0.00286. The third kappa shape index (κ3) is 8.72. The summed E-state index contributed by atoms with van der Waals surface area (Å²) in [5.74, 6) is -2.04. The van der Waals surface area contributed by atoms with Crippen LogP contribution in [0.15, 0.2) is 70.4 Å². The lowest BCUT2D eigenvalue weighted by atomic mass is 9.86. The van der Waals surface area contributed by atoms with E-state index in [-0.39, 0.29) is 121 Å². The van der Waals surface area contributed by atoms with Gasteiger partial charge >= 0.3 is 12.1 Å². The van der Waals surface area contributed by atoms with Gasteiger partial charge in [-0.3, -0.25) is 19.0 Å². The largest absolute Gasteiger partial charge is 0.508 e. The van der Waals surface area contributed by atoms with Crippen LogP contribution in [0, 0.1) is 5.92 Å². The molecule has 3 amide bonds. The van der Waals surface area contributed by atoms with Crippen LogP contribution < -0.4 is 15.6 Å². The predicted molar refractivity (Wildman–Crippen MR) is 272 cm³/mol. The van der Waals surface area contributed by atoms with Crippen molar-refractivity contribution >= 4 is 44.8 Å². The summed E-state index contributed by atoms with van der Waals surface area (Å²) in [6.07, 6.45) is 0.636. The average Bonchev–Trinajstić information content (AvgIpc) is 4.03. The molecule has 3 aromatic carbocycles. The van der Waals surface area contributed by atoms with Gasteiger partial charge in [0, 0.05) is 80.0 Å². The maximum absolute atomic E-state index is 14.0. The van der Waals surface area contributed by atoms with Crippen LogP contribution in [0.3, 0.4) is 0 Å². The smallest absolute Gasteiger partial charge is 0.415 e. The number of phenolic OH excluding ortho intramolecular Hbond substituents is 2. The number of aromatic hydroxyl groups is 2. The number of aryl methyl sites for hydroxylation is 1. The van der Waals surface area contributed by atoms with Crippen LogP contribution in [0.2, 0.25) is 0 Å². The number of piperidine rings is 1. The zero-order chi connectivity index (χ0) is 53.2. The van der Waals surface area contributed by atoms with Gasteiger partial charge in [0.2, 0.25) is 21.8 Å². The molecule has 22 heteroatoms. The Kier molecular flexibility index (Phi) is 13.2. The van der Waals surface area contributed by atoms with Gasteiger partial charge in [0.1, 0.15) is 23.9 Å². The lowest BCUT2D eigenvalue weighted by Crippen LogP contribution is -2.53. The van der Waals surface area contributed by atoms with Crippen molar-refractivity contribution in [1.82, 2.24) is 43.7 Å². The molecule has 3 aromatic heterocycles. The van der Waals surface area contributed by atoms with E-state index in [0.717, 1.165) is 16.5 Å². The Labute approximate surface area is 431 Å². The molecular formula is C53H57N9O12S. The Balaban J connectivity index is 0.767. The second-order valence-electron chi connectivity index (χ2n) is 19.5. The standard InChI is InChI=1S/C53H57N9O12S/c1-6-34-36-23-32(11-14-41(36)55-45-38(34)27-61-42(45)25-40-39(50(61)67)28-73-51(68)53(40,70)7-2)74-52(69)59-21-19-58(20-22-59)49(66)30-15-17-60(18-16-30)75(71,72)33-12-9-31(10-13-33)62-46(56-57-47(62)48(65)54-8-3)37-24-35(29(4)5)43(63)26-44(37)64/h9-14,23-26,29-30,63-64,70H,6-8,15-22,27-28H2,1-5H3,(H,54,65). The molecule has 0 bridgehead atoms. The average molecular weight is 1040 g/mol. The maximum atomic E-state index is 14.0. The molecule has 1 unspecified atom stereocenters. The zero-order valence-electron chi connectivity index (χ0n) is 42.1. The van der Waals surface area contributed by atoms with Crippen molar-refractivity contribution in [2.24, 2.45) is 5.92 Å². The van der Waals surface area contributed by atoms with Gasteiger partial charge in [-0.2, -0.15) is 4.31 Å². The van der Waals surface area contributed by atoms with Gasteiger partial charge in [-0.25, -0.2) is 23.0 Å². The summed E-state index contributed by atoms with van der Waals surface area (Å²) in [5, 5.41) is 44.5. The highest BCUT2D eigenvalue weighted by Crippen LogP contribution is 2.42. The number of hydrogen-bond donors (Lipinski definition) is 4. The van der Waals surface area contributed by atoms with E-state index in [2.05, 4.69) is 15.5 Å². The van der Waals surface area contributed by atoms with Crippen LogP contribution in [-0.4, -0.2) is 132 Å². The summed E-state index contributed by atoms with van der Waals surface area (Å²) < 4.78 is 43.4. The molecule has 392 valence electrons. The predicted octanol–water partition coefficient (Wildman–Crippen LogP) is 4.92. The van der Waals surface area contributed by atoms with Gasteiger partial charge in [0.05, 0.1) is 39.5 Å². The van der Waals surface area contributed by atoms with E-state index < -0.39 is 39.5 Å². The van der Waals surface area contributed by atoms with E-state index in [1.807, 2.05) is 20.8 Å². The highest BCUT2D eigenvalue weighted by Gasteiger charge is 2.46. The normalized spacial score (nSPS) is 17.9. The monoisotopic (exact) mass is 1040 g/mol. The number of pyridine rings is 2. The van der Waals surface area contributed by atoms with Crippen molar-refractivity contribution < 1.29 is 52.4 Å². The third-order valence-corrected chi connectivity index (χ3v) is 16.8. The van der Waals surface area contributed by atoms with Gasteiger partial charge in [-0.05, 0) is 104 Å². The zero-order valence-corrected chi connectivity index (χ0v) is 42.9. The number of aliphatic hydroxyl groups is 1. The van der Waals surface area contributed by atoms with Crippen molar-refractivity contribution in [2.45, 2.75) is 89.9 Å². The van der Waals surface area contributed by atoms with E-state index >= 15 is 0 Å². The highest BCUT2D eigenvalue weighted by atomic mass is 32.2. The first-order valence-corrected chi connectivity index (χ1v) is 26.6. The van der Waals surface area contributed by atoms with Crippen molar-refractivity contribution in [3.8, 4) is 45.7 Å². The number of aromatic nitrogens is 5. The number of sulfonamides is 1. The lowest BCUT2D eigenvalue weighted by Gasteiger charge is -2.38. The number of piperazine rings is 1. The Hall–Kier alpha value is -7.69. The van der Waals surface area contributed by atoms with Crippen LogP contribution in [-0.2, 0) is 49.5 Å². The number of rotatable bonds is 11. The van der Waals surface area contributed by atoms with Crippen molar-refractivity contribution in [1.29, 1.82) is 0 Å². The Morgan fingerprint density at radius 1 is 0.880 bits per heavy atom. The molecule has 1 atom stereocenters. The SMILES string of the molecule is CCNC(=O)c1nnc(-c2cc(C(C)C)c(O)cc2O)n1-c1ccc(S(=O)(=O)N2CCC(C(=O)N3CCN(C(=O)Oc4ccc5nc6c(c(CC)c5c4)Cn4c-6cc5c(c4=O)COC(=O)C5(O)CC)CC3)CC2)cc1. The number of ether oxygens (including phenoxy) is 2. The van der Waals surface area contributed by atoms with E-state index in [4.69, 9.17) is 14.5 Å². The quantitative estimate of drug-likeness (QED) is 0.125. The number of carbonyl (C=O) groups is 4. The molecule has 4 N–H and O–H groups in total. The van der Waals surface area contributed by atoms with E-state index in [0.29, 0.717) is 59.7 Å². The number of hydrogen-bond acceptors (Lipinski definition) is 15. The number of fused-ring (bicyclic) bond motifs is 5. The lowest BCUT2D eigenvalue weighted by molar-refractivity contribution is -0.172. The van der Waals surface area contributed by atoms with E-state index in [9.17, 15) is 47.7 Å². The van der Waals surface area contributed by atoms with Gasteiger partial charge in [-0.15, -0.1) is 10.2 Å². The topological polar surface area (TPSA) is 269 Å². The minimum Gasteiger partial charge on any atom is -0.508 e. The van der Waals surface area contributed by atoms with Gasteiger partial charge in [0.15, 0.2) is 11.4 Å². The van der Waals surface area contributed by atoms with Gasteiger partial charge < -0.3 is 44.5 Å². The summed E-state index contributed by atoms with van der Waals surface area (Å²) in [7, 11) is -4.00. The summed E-state index contributed by atoms with van der Waals surface area (Å²) in [6.45, 7) is 10.7. The Bertz CT molecular complexity index is 3510. The van der Waals surface area contributed by atoms with Crippen molar-refractivity contribution in [3.05, 3.63) is 105 Å². The fourth-order valence-corrected chi connectivity index (χ4v) is 12.2. The Morgan fingerprint density at radius 3 is 2.25 bits per heavy atom. The second-order valence-corrected chi connectivity index (χ2v) is 21.5.